The van der Waals surface area contributed by atoms with Crippen molar-refractivity contribution in [3.63, 3.8) is 0 Å². The van der Waals surface area contributed by atoms with Gasteiger partial charge < -0.3 is 9.84 Å². The fourth-order valence-corrected chi connectivity index (χ4v) is 4.39. The summed E-state index contributed by atoms with van der Waals surface area (Å²) in [5.74, 6) is 2.13. The molecule has 0 amide bonds. The van der Waals surface area contributed by atoms with Crippen molar-refractivity contribution < 1.29 is 14.6 Å². The van der Waals surface area contributed by atoms with Gasteiger partial charge in [0.15, 0.2) is 0 Å². The summed E-state index contributed by atoms with van der Waals surface area (Å²) in [5.41, 5.74) is 0.0695. The van der Waals surface area contributed by atoms with Crippen molar-refractivity contribution in [1.29, 1.82) is 0 Å². The number of carbonyl (C=O) groups is 1. The lowest BCUT2D eigenvalue weighted by molar-refractivity contribution is -0.145. The standard InChI is InChI=1S/C13H22O3S/c1-9(10(2)12(14)15)11-3-5-16-13(7-11)4-6-17-8-13/h9-11H,3-8H2,1-2H3,(H,14,15). The second-order valence-electron chi connectivity index (χ2n) is 5.57. The van der Waals surface area contributed by atoms with E-state index in [-0.39, 0.29) is 17.4 Å². The highest BCUT2D eigenvalue weighted by atomic mass is 32.2. The first-order valence-electron chi connectivity index (χ1n) is 6.49. The van der Waals surface area contributed by atoms with Crippen LogP contribution in [0.1, 0.15) is 33.1 Å². The molecule has 2 aliphatic heterocycles. The Bertz CT molecular complexity index is 286. The summed E-state index contributed by atoms with van der Waals surface area (Å²) in [6.07, 6.45) is 3.21. The van der Waals surface area contributed by atoms with Crippen molar-refractivity contribution in [2.45, 2.75) is 38.7 Å². The molecule has 2 heterocycles. The van der Waals surface area contributed by atoms with Crippen LogP contribution >= 0.6 is 11.8 Å². The predicted octanol–water partition coefficient (Wildman–Crippen LogP) is 2.65. The van der Waals surface area contributed by atoms with E-state index >= 15 is 0 Å². The van der Waals surface area contributed by atoms with E-state index in [0.29, 0.717) is 5.92 Å². The predicted molar refractivity (Wildman–Crippen MR) is 69.3 cm³/mol. The fraction of sp³-hybridized carbons (Fsp3) is 0.923. The third-order valence-corrected chi connectivity index (χ3v) is 5.74. The van der Waals surface area contributed by atoms with Crippen molar-refractivity contribution in [3.05, 3.63) is 0 Å². The van der Waals surface area contributed by atoms with Gasteiger partial charge in [-0.3, -0.25) is 4.79 Å². The van der Waals surface area contributed by atoms with E-state index in [1.807, 2.05) is 18.7 Å². The fourth-order valence-electron chi connectivity index (χ4n) is 3.01. The maximum Gasteiger partial charge on any atom is 0.306 e. The number of ether oxygens (including phenoxy) is 1. The van der Waals surface area contributed by atoms with Crippen LogP contribution in [0.3, 0.4) is 0 Å². The number of aliphatic carboxylic acids is 1. The second-order valence-corrected chi connectivity index (χ2v) is 6.68. The molecule has 1 spiro atoms. The molecule has 4 atom stereocenters. The summed E-state index contributed by atoms with van der Waals surface area (Å²) >= 11 is 1.97. The Morgan fingerprint density at radius 3 is 2.88 bits per heavy atom. The zero-order chi connectivity index (χ0) is 12.5. The van der Waals surface area contributed by atoms with Gasteiger partial charge in [-0.15, -0.1) is 0 Å². The third kappa shape index (κ3) is 2.79. The largest absolute Gasteiger partial charge is 0.481 e. The number of carboxylic acids is 1. The Balaban J connectivity index is 1.99. The molecule has 0 aromatic rings. The van der Waals surface area contributed by atoms with Crippen LogP contribution in [0.15, 0.2) is 0 Å². The second kappa shape index (κ2) is 5.19. The maximum atomic E-state index is 11.1. The lowest BCUT2D eigenvalue weighted by atomic mass is 9.74. The Hall–Kier alpha value is -0.220. The quantitative estimate of drug-likeness (QED) is 0.845. The van der Waals surface area contributed by atoms with E-state index in [1.54, 1.807) is 0 Å². The molecule has 0 bridgehead atoms. The molecule has 0 radical (unpaired) electrons. The summed E-state index contributed by atoms with van der Waals surface area (Å²) in [6.45, 7) is 4.73. The van der Waals surface area contributed by atoms with Crippen LogP contribution in [0.4, 0.5) is 0 Å². The van der Waals surface area contributed by atoms with Crippen LogP contribution in [-0.4, -0.2) is 34.8 Å². The first-order chi connectivity index (χ1) is 8.04. The molecule has 3 nitrogen and oxygen atoms in total. The first kappa shape index (κ1) is 13.2. The molecule has 2 aliphatic rings. The summed E-state index contributed by atoms with van der Waals surface area (Å²) in [4.78, 5) is 11.1. The molecule has 17 heavy (non-hydrogen) atoms. The first-order valence-corrected chi connectivity index (χ1v) is 7.64. The van der Waals surface area contributed by atoms with Gasteiger partial charge >= 0.3 is 5.97 Å². The molecule has 4 unspecified atom stereocenters. The molecule has 1 N–H and O–H groups in total. The molecule has 0 saturated carbocycles. The topological polar surface area (TPSA) is 46.5 Å². The van der Waals surface area contributed by atoms with Crippen molar-refractivity contribution in [2.75, 3.05) is 18.1 Å². The minimum atomic E-state index is -0.668. The number of hydrogen-bond acceptors (Lipinski definition) is 3. The number of thioether (sulfide) groups is 1. The summed E-state index contributed by atoms with van der Waals surface area (Å²) in [5, 5.41) is 9.10. The molecular weight excluding hydrogens is 236 g/mol. The molecule has 0 aromatic heterocycles. The molecule has 98 valence electrons. The highest BCUT2D eigenvalue weighted by Gasteiger charge is 2.43. The summed E-state index contributed by atoms with van der Waals surface area (Å²) in [6, 6.07) is 0. The van der Waals surface area contributed by atoms with Crippen molar-refractivity contribution >= 4 is 17.7 Å². The average Bonchev–Trinajstić information content (AvgIpc) is 2.75. The minimum Gasteiger partial charge on any atom is -0.481 e. The molecule has 4 heteroatoms. The Morgan fingerprint density at radius 2 is 2.29 bits per heavy atom. The number of hydrogen-bond donors (Lipinski definition) is 1. The van der Waals surface area contributed by atoms with E-state index in [1.165, 1.54) is 5.75 Å². The van der Waals surface area contributed by atoms with Crippen LogP contribution < -0.4 is 0 Å². The SMILES string of the molecule is CC(C(=O)O)C(C)C1CCOC2(CCSC2)C1. The third-order valence-electron chi connectivity index (χ3n) is 4.52. The highest BCUT2D eigenvalue weighted by Crippen LogP contribution is 2.43. The number of rotatable bonds is 3. The molecule has 2 fully saturated rings. The van der Waals surface area contributed by atoms with Crippen molar-refractivity contribution in [3.8, 4) is 0 Å². The molecule has 2 saturated heterocycles. The molecular formula is C13H22O3S. The Kier molecular flexibility index (Phi) is 4.03. The van der Waals surface area contributed by atoms with E-state index in [9.17, 15) is 4.79 Å². The van der Waals surface area contributed by atoms with Gasteiger partial charge in [0, 0.05) is 12.4 Å². The van der Waals surface area contributed by atoms with Gasteiger partial charge in [-0.05, 0) is 36.9 Å². The van der Waals surface area contributed by atoms with Crippen LogP contribution in [0.2, 0.25) is 0 Å². The number of carboxylic acid groups (broad SMARTS) is 1. The van der Waals surface area contributed by atoms with Crippen molar-refractivity contribution in [1.82, 2.24) is 0 Å². The van der Waals surface area contributed by atoms with Crippen LogP contribution in [-0.2, 0) is 9.53 Å². The zero-order valence-electron chi connectivity index (χ0n) is 10.6. The zero-order valence-corrected chi connectivity index (χ0v) is 11.5. The van der Waals surface area contributed by atoms with E-state index in [4.69, 9.17) is 9.84 Å². The summed E-state index contributed by atoms with van der Waals surface area (Å²) in [7, 11) is 0. The van der Waals surface area contributed by atoms with Gasteiger partial charge in [0.05, 0.1) is 11.5 Å². The normalized spacial score (nSPS) is 36.9. The van der Waals surface area contributed by atoms with Gasteiger partial charge in [0.1, 0.15) is 0 Å². The minimum absolute atomic E-state index is 0.0695. The van der Waals surface area contributed by atoms with Crippen LogP contribution in [0.25, 0.3) is 0 Å². The van der Waals surface area contributed by atoms with E-state index in [0.717, 1.165) is 31.6 Å². The lowest BCUT2D eigenvalue weighted by Crippen LogP contribution is -2.43. The average molecular weight is 258 g/mol. The monoisotopic (exact) mass is 258 g/mol. The maximum absolute atomic E-state index is 11.1. The van der Waals surface area contributed by atoms with Gasteiger partial charge in [0.25, 0.3) is 0 Å². The molecule has 0 aliphatic carbocycles. The van der Waals surface area contributed by atoms with Gasteiger partial charge in [0.2, 0.25) is 0 Å². The Labute approximate surface area is 107 Å². The lowest BCUT2D eigenvalue weighted by Gasteiger charge is -2.41. The summed E-state index contributed by atoms with van der Waals surface area (Å²) < 4.78 is 5.98. The van der Waals surface area contributed by atoms with Crippen molar-refractivity contribution in [2.24, 2.45) is 17.8 Å². The van der Waals surface area contributed by atoms with Gasteiger partial charge in [-0.2, -0.15) is 11.8 Å². The van der Waals surface area contributed by atoms with E-state index in [2.05, 4.69) is 6.92 Å². The highest BCUT2D eigenvalue weighted by molar-refractivity contribution is 7.99. The Morgan fingerprint density at radius 1 is 1.53 bits per heavy atom. The van der Waals surface area contributed by atoms with E-state index < -0.39 is 5.97 Å². The van der Waals surface area contributed by atoms with Gasteiger partial charge in [-0.25, -0.2) is 0 Å². The molecule has 2 rings (SSSR count). The van der Waals surface area contributed by atoms with Crippen LogP contribution in [0.5, 0.6) is 0 Å². The van der Waals surface area contributed by atoms with Crippen LogP contribution in [0, 0.1) is 17.8 Å². The van der Waals surface area contributed by atoms with Gasteiger partial charge in [-0.1, -0.05) is 13.8 Å². The smallest absolute Gasteiger partial charge is 0.306 e. The molecule has 0 aromatic carbocycles.